The van der Waals surface area contributed by atoms with Gasteiger partial charge in [-0.1, -0.05) is 19.9 Å². The lowest BCUT2D eigenvalue weighted by atomic mass is 9.55. The summed E-state index contributed by atoms with van der Waals surface area (Å²) in [6.07, 6.45) is -1.58. The zero-order chi connectivity index (χ0) is 28.7. The third kappa shape index (κ3) is 5.76. The summed E-state index contributed by atoms with van der Waals surface area (Å²) in [6, 6.07) is 0. The molecule has 0 radical (unpaired) electrons. The predicted molar refractivity (Wildman–Crippen MR) is 134 cm³/mol. The van der Waals surface area contributed by atoms with Gasteiger partial charge in [-0.3, -0.25) is 19.2 Å². The average molecular weight is 539 g/mol. The molecule has 2 aliphatic heterocycles. The van der Waals surface area contributed by atoms with Crippen LogP contribution < -0.4 is 0 Å². The minimum Gasteiger partial charge on any atom is -0.458 e. The molecule has 10 atom stereocenters. The Morgan fingerprint density at radius 2 is 1.55 bits per heavy atom. The zero-order valence-corrected chi connectivity index (χ0v) is 23.8. The molecule has 0 amide bonds. The third-order valence-corrected chi connectivity index (χ3v) is 8.27. The molecular weight excluding hydrogens is 496 g/mol. The van der Waals surface area contributed by atoms with Crippen LogP contribution in [0.2, 0.25) is 0 Å². The molecule has 214 valence electrons. The minimum absolute atomic E-state index is 0.0887. The second-order valence-corrected chi connectivity index (χ2v) is 11.7. The van der Waals surface area contributed by atoms with Crippen LogP contribution in [0.25, 0.3) is 0 Å². The minimum atomic E-state index is -1.48. The Morgan fingerprint density at radius 3 is 2.05 bits per heavy atom. The Morgan fingerprint density at radius 1 is 0.974 bits per heavy atom. The number of carbonyl (C=O) groups is 4. The van der Waals surface area contributed by atoms with E-state index >= 15 is 0 Å². The molecule has 0 aromatic rings. The van der Waals surface area contributed by atoms with Crippen LogP contribution >= 0.6 is 0 Å². The second-order valence-electron chi connectivity index (χ2n) is 11.7. The molecule has 0 unspecified atom stereocenters. The molecule has 1 saturated carbocycles. The first kappa shape index (κ1) is 30.1. The first-order valence-electron chi connectivity index (χ1n) is 13.3. The summed E-state index contributed by atoms with van der Waals surface area (Å²) >= 11 is 0. The highest BCUT2D eigenvalue weighted by atomic mass is 16.6. The van der Waals surface area contributed by atoms with Crippen molar-refractivity contribution in [2.75, 3.05) is 0 Å². The van der Waals surface area contributed by atoms with Gasteiger partial charge >= 0.3 is 23.9 Å². The molecule has 3 aliphatic rings. The van der Waals surface area contributed by atoms with Gasteiger partial charge in [0.25, 0.3) is 0 Å². The van der Waals surface area contributed by atoms with Crippen molar-refractivity contribution >= 4 is 23.9 Å². The number of fused-ring (bicyclic) bond motifs is 5. The topological polar surface area (TPSA) is 135 Å². The summed E-state index contributed by atoms with van der Waals surface area (Å²) in [5.74, 6) is -3.75. The van der Waals surface area contributed by atoms with Crippen LogP contribution in [0.15, 0.2) is 11.6 Å². The number of ether oxygens (including phenoxy) is 5. The first-order chi connectivity index (χ1) is 17.5. The van der Waals surface area contributed by atoms with Crippen molar-refractivity contribution < 1.29 is 48.0 Å². The molecule has 38 heavy (non-hydrogen) atoms. The summed E-state index contributed by atoms with van der Waals surface area (Å²) in [6.45, 7) is 14.2. The Bertz CT molecular complexity index is 984. The highest BCUT2D eigenvalue weighted by molar-refractivity contribution is 5.69. The number of hydrogen-bond donors (Lipinski definition) is 1. The maximum Gasteiger partial charge on any atom is 0.303 e. The van der Waals surface area contributed by atoms with E-state index in [1.54, 1.807) is 13.8 Å². The lowest BCUT2D eigenvalue weighted by molar-refractivity contribution is -0.247. The Kier molecular flexibility index (Phi) is 8.68. The van der Waals surface area contributed by atoms with Gasteiger partial charge in [-0.2, -0.15) is 0 Å². The lowest BCUT2D eigenvalue weighted by Gasteiger charge is -2.55. The fourth-order valence-electron chi connectivity index (χ4n) is 7.01. The summed E-state index contributed by atoms with van der Waals surface area (Å²) in [4.78, 5) is 49.0. The van der Waals surface area contributed by atoms with Gasteiger partial charge in [-0.15, -0.1) is 0 Å². The Labute approximate surface area is 224 Å². The molecule has 3 rings (SSSR count). The Balaban J connectivity index is 2.30. The van der Waals surface area contributed by atoms with Crippen molar-refractivity contribution in [1.29, 1.82) is 0 Å². The number of hydrogen-bond acceptors (Lipinski definition) is 10. The van der Waals surface area contributed by atoms with E-state index in [0.29, 0.717) is 6.42 Å². The van der Waals surface area contributed by atoms with E-state index in [-0.39, 0.29) is 12.3 Å². The molecule has 1 aliphatic carbocycles. The van der Waals surface area contributed by atoms with Crippen LogP contribution in [0.5, 0.6) is 0 Å². The number of carbonyl (C=O) groups excluding carboxylic acids is 4. The first-order valence-corrected chi connectivity index (χ1v) is 13.3. The van der Waals surface area contributed by atoms with Crippen LogP contribution in [-0.2, 0) is 42.9 Å². The molecule has 0 aromatic heterocycles. The highest BCUT2D eigenvalue weighted by Crippen LogP contribution is 2.58. The van der Waals surface area contributed by atoms with Crippen LogP contribution in [0, 0.1) is 23.7 Å². The number of esters is 4. The smallest absolute Gasteiger partial charge is 0.303 e. The van der Waals surface area contributed by atoms with Gasteiger partial charge in [0.2, 0.25) is 0 Å². The van der Waals surface area contributed by atoms with Gasteiger partial charge in [0.05, 0.1) is 17.8 Å². The summed E-state index contributed by atoms with van der Waals surface area (Å²) in [5.41, 5.74) is -2.11. The van der Waals surface area contributed by atoms with Crippen LogP contribution in [0.3, 0.4) is 0 Å². The van der Waals surface area contributed by atoms with Crippen molar-refractivity contribution in [2.45, 2.75) is 117 Å². The average Bonchev–Trinajstić information content (AvgIpc) is 3.13. The lowest BCUT2D eigenvalue weighted by Crippen LogP contribution is -2.69. The van der Waals surface area contributed by atoms with Crippen molar-refractivity contribution in [3.05, 3.63) is 11.6 Å². The van der Waals surface area contributed by atoms with E-state index < -0.39 is 83.4 Å². The molecule has 2 fully saturated rings. The molecule has 2 bridgehead atoms. The van der Waals surface area contributed by atoms with E-state index in [4.69, 9.17) is 23.7 Å². The summed E-state index contributed by atoms with van der Waals surface area (Å²) < 4.78 is 29.8. The molecule has 10 heteroatoms. The molecule has 1 saturated heterocycles. The number of rotatable bonds is 5. The fraction of sp³-hybridized carbons (Fsp3) is 0.786. The monoisotopic (exact) mass is 538 g/mol. The number of aliphatic hydroxyl groups is 1. The quantitative estimate of drug-likeness (QED) is 0.316. The van der Waals surface area contributed by atoms with Gasteiger partial charge in [0, 0.05) is 45.4 Å². The Hall–Kier alpha value is -2.46. The molecule has 1 N–H and O–H groups in total. The van der Waals surface area contributed by atoms with Gasteiger partial charge in [0.15, 0.2) is 11.7 Å². The molecule has 0 aromatic carbocycles. The van der Waals surface area contributed by atoms with Crippen molar-refractivity contribution in [3.63, 3.8) is 0 Å². The summed E-state index contributed by atoms with van der Waals surface area (Å²) in [5, 5.41) is 11.8. The van der Waals surface area contributed by atoms with Crippen molar-refractivity contribution in [1.82, 2.24) is 0 Å². The van der Waals surface area contributed by atoms with Crippen molar-refractivity contribution in [3.8, 4) is 0 Å². The second kappa shape index (κ2) is 11.0. The van der Waals surface area contributed by atoms with Crippen LogP contribution in [0.4, 0.5) is 0 Å². The predicted octanol–water partition coefficient (Wildman–Crippen LogP) is 2.88. The van der Waals surface area contributed by atoms with Gasteiger partial charge < -0.3 is 28.8 Å². The normalized spacial score (nSPS) is 41.9. The van der Waals surface area contributed by atoms with E-state index in [1.165, 1.54) is 27.7 Å². The van der Waals surface area contributed by atoms with E-state index in [9.17, 15) is 24.3 Å². The fourth-order valence-corrected chi connectivity index (χ4v) is 7.01. The zero-order valence-electron chi connectivity index (χ0n) is 23.8. The standard InChI is InChI=1S/C28H42O10/c1-13(2)21-22-23(28(9,38-18(7)32)26(36-17(6)31)24(21)35-16(5)30)20-12-14(3)19(34-15(4)29)10-11-27(8,33)25(22)37-20/h12-13,19-26,33H,10-11H2,1-9H3/b14-12-/t19-,20+,21+,22+,23+,24-,25+,26-,27+,28-/m1/s1. The molecule has 0 spiro atoms. The summed E-state index contributed by atoms with van der Waals surface area (Å²) in [7, 11) is 0. The third-order valence-electron chi connectivity index (χ3n) is 8.27. The van der Waals surface area contributed by atoms with Crippen molar-refractivity contribution in [2.24, 2.45) is 23.7 Å². The van der Waals surface area contributed by atoms with Crippen LogP contribution in [-0.4, -0.2) is 70.7 Å². The molecule has 2 heterocycles. The SMILES string of the molecule is CC(=O)O[C@@H]1[C@@H](C(C)C)[C@H]2[C@H]([C@@H]3/C=C(/C)[C@H](OC(C)=O)CC[C@](C)(O)[C@H]2O3)[C@@](C)(OC(C)=O)[C@@H]1OC(C)=O. The van der Waals surface area contributed by atoms with E-state index in [0.717, 1.165) is 5.57 Å². The highest BCUT2D eigenvalue weighted by Gasteiger charge is 2.70. The van der Waals surface area contributed by atoms with Gasteiger partial charge in [0.1, 0.15) is 12.2 Å². The van der Waals surface area contributed by atoms with E-state index in [1.807, 2.05) is 26.8 Å². The van der Waals surface area contributed by atoms with Gasteiger partial charge in [-0.25, -0.2) is 0 Å². The van der Waals surface area contributed by atoms with E-state index in [2.05, 4.69) is 0 Å². The van der Waals surface area contributed by atoms with Gasteiger partial charge in [-0.05, 0) is 45.1 Å². The maximum atomic E-state index is 12.5. The van der Waals surface area contributed by atoms with Crippen LogP contribution in [0.1, 0.15) is 75.2 Å². The largest absolute Gasteiger partial charge is 0.458 e. The molecule has 10 nitrogen and oxygen atoms in total. The maximum absolute atomic E-state index is 12.5. The molecular formula is C28H42O10.